The van der Waals surface area contributed by atoms with Crippen molar-refractivity contribution in [2.75, 3.05) is 11.5 Å². The van der Waals surface area contributed by atoms with Crippen LogP contribution in [0.4, 0.5) is 11.4 Å². The molecule has 1 aromatic rings. The Morgan fingerprint density at radius 1 is 0.909 bits per heavy atom. The van der Waals surface area contributed by atoms with Crippen molar-refractivity contribution in [3.63, 3.8) is 0 Å². The molecule has 1 rings (SSSR count). The van der Waals surface area contributed by atoms with E-state index in [1.54, 1.807) is 0 Å². The molecule has 2 radical (unpaired) electrons. The van der Waals surface area contributed by atoms with E-state index in [2.05, 4.69) is 0 Å². The Bertz CT molecular complexity index is 156. The second kappa shape index (κ2) is 11.0. The normalized spacial score (nSPS) is 5.82. The van der Waals surface area contributed by atoms with Gasteiger partial charge in [0.2, 0.25) is 0 Å². The van der Waals surface area contributed by atoms with Crippen molar-refractivity contribution < 1.29 is 0 Å². The number of rotatable bonds is 0. The van der Waals surface area contributed by atoms with Crippen molar-refractivity contribution in [2.24, 2.45) is 0 Å². The van der Waals surface area contributed by atoms with Gasteiger partial charge in [-0.3, -0.25) is 0 Å². The quantitative estimate of drug-likeness (QED) is 0.697. The van der Waals surface area contributed by atoms with Gasteiger partial charge in [0.15, 0.2) is 0 Å². The predicted molar refractivity (Wildman–Crippen MR) is 63.4 cm³/mol. The van der Waals surface area contributed by atoms with Gasteiger partial charge in [0.25, 0.3) is 0 Å². The molecule has 7 heteroatoms. The van der Waals surface area contributed by atoms with E-state index in [-0.39, 0.29) is 61.1 Å². The summed E-state index contributed by atoms with van der Waals surface area (Å²) in [6.07, 6.45) is 0. The standard InChI is InChI=1S/C4H6N2S.3ClH.Sn.2H/c5-3-1-7-2-4(3)6;;;;;;/h1-2H,5-6H2;3*1H;;;. The van der Waals surface area contributed by atoms with E-state index in [4.69, 9.17) is 11.5 Å². The zero-order valence-corrected chi connectivity index (χ0v) is 13.0. The van der Waals surface area contributed by atoms with Gasteiger partial charge in [0, 0.05) is 10.8 Å². The maximum absolute atomic E-state index is 5.33. The molecule has 2 nitrogen and oxygen atoms in total. The van der Waals surface area contributed by atoms with E-state index in [1.807, 2.05) is 10.8 Å². The van der Waals surface area contributed by atoms with Crippen molar-refractivity contribution in [3.05, 3.63) is 10.8 Å². The van der Waals surface area contributed by atoms with E-state index >= 15 is 0 Å². The fourth-order valence-corrected chi connectivity index (χ4v) is 0.950. The summed E-state index contributed by atoms with van der Waals surface area (Å²) in [4.78, 5) is 0. The SMILES string of the molecule is Cl.Cl.Cl.Nc1cscc1N.[SnH2]. The monoisotopic (exact) mass is 344 g/mol. The van der Waals surface area contributed by atoms with Crippen molar-refractivity contribution in [3.8, 4) is 0 Å². The summed E-state index contributed by atoms with van der Waals surface area (Å²) in [7, 11) is 0. The van der Waals surface area contributed by atoms with Crippen LogP contribution in [-0.4, -0.2) is 23.9 Å². The minimum atomic E-state index is 0. The molecule has 0 amide bonds. The van der Waals surface area contributed by atoms with Crippen molar-refractivity contribution in [1.82, 2.24) is 0 Å². The average molecular weight is 344 g/mol. The molecule has 68 valence electrons. The first kappa shape index (κ1) is 22.7. The van der Waals surface area contributed by atoms with E-state index < -0.39 is 0 Å². The second-order valence-corrected chi connectivity index (χ2v) is 2.03. The average Bonchev–Trinajstić information content (AvgIpc) is 1.91. The summed E-state index contributed by atoms with van der Waals surface area (Å²) in [5.74, 6) is 0. The first-order valence-corrected chi connectivity index (χ1v) is 2.82. The summed E-state index contributed by atoms with van der Waals surface area (Å²) in [5, 5.41) is 3.63. The third-order valence-corrected chi connectivity index (χ3v) is 1.50. The Morgan fingerprint density at radius 3 is 1.27 bits per heavy atom. The molecule has 0 aromatic carbocycles. The van der Waals surface area contributed by atoms with Gasteiger partial charge in [-0.1, -0.05) is 0 Å². The number of thiophene rings is 1. The molecule has 0 saturated heterocycles. The van der Waals surface area contributed by atoms with Crippen molar-refractivity contribution >= 4 is 83.8 Å². The first-order chi connectivity index (χ1) is 3.30. The van der Waals surface area contributed by atoms with Gasteiger partial charge < -0.3 is 11.5 Å². The maximum atomic E-state index is 5.33. The summed E-state index contributed by atoms with van der Waals surface area (Å²) in [6.45, 7) is 0. The van der Waals surface area contributed by atoms with Gasteiger partial charge in [0.05, 0.1) is 11.4 Å². The summed E-state index contributed by atoms with van der Waals surface area (Å²) in [5.41, 5.74) is 12.0. The molecule has 4 N–H and O–H groups in total. The van der Waals surface area contributed by atoms with Crippen LogP contribution in [0.15, 0.2) is 10.8 Å². The number of hydrogen-bond donors (Lipinski definition) is 2. The van der Waals surface area contributed by atoms with Crippen molar-refractivity contribution in [2.45, 2.75) is 0 Å². The fraction of sp³-hybridized carbons (Fsp3) is 0. The topological polar surface area (TPSA) is 52.0 Å². The van der Waals surface area contributed by atoms with Crippen LogP contribution in [0.5, 0.6) is 0 Å². The molecule has 0 spiro atoms. The van der Waals surface area contributed by atoms with Crippen LogP contribution >= 0.6 is 48.6 Å². The molecule has 11 heavy (non-hydrogen) atoms. The van der Waals surface area contributed by atoms with Gasteiger partial charge >= 0.3 is 23.9 Å². The zero-order chi connectivity index (χ0) is 5.28. The third-order valence-electron chi connectivity index (χ3n) is 0.723. The Morgan fingerprint density at radius 2 is 1.18 bits per heavy atom. The Balaban J connectivity index is -0.0000000612. The van der Waals surface area contributed by atoms with Crippen LogP contribution in [0.1, 0.15) is 0 Å². The summed E-state index contributed by atoms with van der Waals surface area (Å²) >= 11 is 1.52. The van der Waals surface area contributed by atoms with Crippen LogP contribution in [0.2, 0.25) is 0 Å². The fourth-order valence-electron chi connectivity index (χ4n) is 0.317. The van der Waals surface area contributed by atoms with Crippen LogP contribution in [0, 0.1) is 0 Å². The molecular formula is C4H11Cl3N2SSn. The third kappa shape index (κ3) is 7.33. The number of hydrogen-bond acceptors (Lipinski definition) is 3. The number of nitrogens with two attached hydrogens (primary N) is 2. The van der Waals surface area contributed by atoms with Gasteiger partial charge in [-0.2, -0.15) is 0 Å². The molecule has 0 fully saturated rings. The van der Waals surface area contributed by atoms with E-state index in [9.17, 15) is 0 Å². The molecule has 1 aromatic heterocycles. The molecular weight excluding hydrogens is 333 g/mol. The first-order valence-electron chi connectivity index (χ1n) is 1.88. The van der Waals surface area contributed by atoms with Gasteiger partial charge in [-0.05, 0) is 0 Å². The zero-order valence-electron chi connectivity index (χ0n) is 5.65. The van der Waals surface area contributed by atoms with Crippen LogP contribution in [0.3, 0.4) is 0 Å². The second-order valence-electron chi connectivity index (χ2n) is 1.28. The number of anilines is 2. The number of nitrogen functional groups attached to an aromatic ring is 2. The summed E-state index contributed by atoms with van der Waals surface area (Å²) < 4.78 is 0. The summed E-state index contributed by atoms with van der Waals surface area (Å²) in [6, 6.07) is 0. The molecule has 0 unspecified atom stereocenters. The van der Waals surface area contributed by atoms with Gasteiger partial charge in [0.1, 0.15) is 0 Å². The molecule has 0 aliphatic heterocycles. The van der Waals surface area contributed by atoms with E-state index in [0.717, 1.165) is 0 Å². The Kier molecular flexibility index (Phi) is 22.6. The predicted octanol–water partition coefficient (Wildman–Crippen LogP) is 1.26. The van der Waals surface area contributed by atoms with Crippen LogP contribution < -0.4 is 11.5 Å². The Hall–Kier alpha value is 0.969. The van der Waals surface area contributed by atoms with Crippen LogP contribution in [-0.2, 0) is 0 Å². The van der Waals surface area contributed by atoms with Crippen LogP contribution in [0.25, 0.3) is 0 Å². The molecule has 1 heterocycles. The van der Waals surface area contributed by atoms with Crippen molar-refractivity contribution in [1.29, 1.82) is 0 Å². The molecule has 0 aliphatic rings. The van der Waals surface area contributed by atoms with Gasteiger partial charge in [-0.25, -0.2) is 0 Å². The Labute approximate surface area is 105 Å². The molecule has 0 atom stereocenters. The number of halogens is 3. The van der Waals surface area contributed by atoms with E-state index in [0.29, 0.717) is 11.4 Å². The molecule has 0 aliphatic carbocycles. The molecule has 0 saturated carbocycles. The minimum absolute atomic E-state index is 0. The van der Waals surface area contributed by atoms with E-state index in [1.165, 1.54) is 11.3 Å². The molecule has 0 bridgehead atoms. The van der Waals surface area contributed by atoms with Gasteiger partial charge in [-0.15, -0.1) is 48.6 Å².